The first kappa shape index (κ1) is 22.5. The molecule has 1 atom stereocenters. The van der Waals surface area contributed by atoms with Gasteiger partial charge in [0.25, 0.3) is 5.91 Å². The van der Waals surface area contributed by atoms with Gasteiger partial charge in [-0.2, -0.15) is 0 Å². The van der Waals surface area contributed by atoms with E-state index in [1.165, 1.54) is 6.92 Å². The number of para-hydroxylation sites is 1. The van der Waals surface area contributed by atoms with Crippen molar-refractivity contribution in [3.63, 3.8) is 0 Å². The van der Waals surface area contributed by atoms with Gasteiger partial charge in [0.1, 0.15) is 0 Å². The van der Waals surface area contributed by atoms with E-state index in [1.807, 2.05) is 24.3 Å². The summed E-state index contributed by atoms with van der Waals surface area (Å²) in [6.45, 7) is 6.00. The van der Waals surface area contributed by atoms with E-state index >= 15 is 0 Å². The first-order valence-electron chi connectivity index (χ1n) is 10.5. The van der Waals surface area contributed by atoms with E-state index in [0.29, 0.717) is 27.8 Å². The number of hydrogen-bond acceptors (Lipinski definition) is 5. The first-order chi connectivity index (χ1) is 15.4. The highest BCUT2D eigenvalue weighted by molar-refractivity contribution is 6.35. The molecule has 32 heavy (non-hydrogen) atoms. The number of pyridine rings is 1. The summed E-state index contributed by atoms with van der Waals surface area (Å²) < 4.78 is 5.61. The van der Waals surface area contributed by atoms with Crippen LogP contribution in [0.4, 0.5) is 5.69 Å². The third-order valence-electron chi connectivity index (χ3n) is 5.62. The molecule has 2 aromatic carbocycles. The smallest absolute Gasteiger partial charge is 0.339 e. The van der Waals surface area contributed by atoms with Gasteiger partial charge in [0.2, 0.25) is 0 Å². The van der Waals surface area contributed by atoms with Gasteiger partial charge in [0, 0.05) is 41.2 Å². The van der Waals surface area contributed by atoms with Gasteiger partial charge in [0.15, 0.2) is 6.10 Å². The summed E-state index contributed by atoms with van der Waals surface area (Å²) in [4.78, 5) is 33.0. The van der Waals surface area contributed by atoms with Crippen molar-refractivity contribution in [1.82, 2.24) is 9.88 Å². The number of carbonyl (C=O) groups is 2. The molecule has 0 radical (unpaired) electrons. The SMILES string of the molecule is CCN1CCc2nc3ccccc3c(C(=O)OC(C)C(=O)Nc3cc(Cl)ccc3Cl)c2C1. The van der Waals surface area contributed by atoms with Gasteiger partial charge in [-0.1, -0.05) is 48.3 Å². The maximum Gasteiger partial charge on any atom is 0.339 e. The molecule has 8 heteroatoms. The third kappa shape index (κ3) is 4.58. The topological polar surface area (TPSA) is 71.5 Å². The highest BCUT2D eigenvalue weighted by Gasteiger charge is 2.28. The fourth-order valence-corrected chi connectivity index (χ4v) is 4.19. The van der Waals surface area contributed by atoms with Crippen LogP contribution < -0.4 is 5.32 Å². The standard InChI is InChI=1S/C24H23Cl2N3O3/c1-3-29-11-10-20-17(13-29)22(16-6-4-5-7-19(16)27-20)24(31)32-14(2)23(30)28-21-12-15(25)8-9-18(21)26/h4-9,12,14H,3,10-11,13H2,1-2H3,(H,28,30). The minimum absolute atomic E-state index is 0.343. The van der Waals surface area contributed by atoms with Crippen LogP contribution in [0.2, 0.25) is 10.0 Å². The van der Waals surface area contributed by atoms with Crippen molar-refractivity contribution in [3.05, 3.63) is 69.3 Å². The average Bonchev–Trinajstić information content (AvgIpc) is 2.79. The Hall–Kier alpha value is -2.67. The van der Waals surface area contributed by atoms with Crippen molar-refractivity contribution < 1.29 is 14.3 Å². The molecule has 0 aliphatic carbocycles. The highest BCUT2D eigenvalue weighted by Crippen LogP contribution is 2.29. The van der Waals surface area contributed by atoms with Gasteiger partial charge in [-0.05, 0) is 37.7 Å². The summed E-state index contributed by atoms with van der Waals surface area (Å²) in [5.74, 6) is -1.04. The number of amides is 1. The van der Waals surface area contributed by atoms with E-state index in [-0.39, 0.29) is 0 Å². The molecule has 166 valence electrons. The number of likely N-dealkylation sites (N-methyl/N-ethyl adjacent to an activating group) is 1. The Morgan fingerprint density at radius 2 is 2.00 bits per heavy atom. The zero-order chi connectivity index (χ0) is 22.8. The molecule has 2 heterocycles. The first-order valence-corrected chi connectivity index (χ1v) is 11.2. The van der Waals surface area contributed by atoms with Gasteiger partial charge in [0.05, 0.1) is 21.8 Å². The number of nitrogens with one attached hydrogen (secondary N) is 1. The Bertz CT molecular complexity index is 1200. The maximum absolute atomic E-state index is 13.3. The van der Waals surface area contributed by atoms with E-state index < -0.39 is 18.0 Å². The minimum atomic E-state index is -1.04. The molecule has 1 N–H and O–H groups in total. The summed E-state index contributed by atoms with van der Waals surface area (Å²) in [5.41, 5.74) is 3.35. The number of benzene rings is 2. The molecule has 1 amide bonds. The Labute approximate surface area is 196 Å². The van der Waals surface area contributed by atoms with Crippen molar-refractivity contribution >= 4 is 51.7 Å². The van der Waals surface area contributed by atoms with Crippen LogP contribution in [0, 0.1) is 0 Å². The second-order valence-corrected chi connectivity index (χ2v) is 8.55. The average molecular weight is 472 g/mol. The number of nitrogens with zero attached hydrogens (tertiary/aromatic N) is 2. The lowest BCUT2D eigenvalue weighted by molar-refractivity contribution is -0.123. The molecule has 1 aromatic heterocycles. The monoisotopic (exact) mass is 471 g/mol. The van der Waals surface area contributed by atoms with Crippen LogP contribution in [0.15, 0.2) is 42.5 Å². The number of hydrogen-bond donors (Lipinski definition) is 1. The zero-order valence-electron chi connectivity index (χ0n) is 17.8. The van der Waals surface area contributed by atoms with Crippen molar-refractivity contribution in [2.24, 2.45) is 0 Å². The van der Waals surface area contributed by atoms with Crippen LogP contribution in [0.3, 0.4) is 0 Å². The van der Waals surface area contributed by atoms with Crippen LogP contribution in [-0.4, -0.2) is 41.0 Å². The van der Waals surface area contributed by atoms with E-state index in [1.54, 1.807) is 18.2 Å². The van der Waals surface area contributed by atoms with Gasteiger partial charge in [-0.3, -0.25) is 14.7 Å². The van der Waals surface area contributed by atoms with E-state index in [0.717, 1.165) is 41.7 Å². The lowest BCUT2D eigenvalue weighted by Gasteiger charge is -2.29. The zero-order valence-corrected chi connectivity index (χ0v) is 19.3. The molecule has 1 aliphatic rings. The molecular weight excluding hydrogens is 449 g/mol. The quantitative estimate of drug-likeness (QED) is 0.523. The second-order valence-electron chi connectivity index (χ2n) is 7.71. The number of fused-ring (bicyclic) bond motifs is 2. The summed E-state index contributed by atoms with van der Waals surface area (Å²) in [6.07, 6.45) is -0.275. The van der Waals surface area contributed by atoms with E-state index in [4.69, 9.17) is 32.9 Å². The summed E-state index contributed by atoms with van der Waals surface area (Å²) in [6, 6.07) is 12.3. The maximum atomic E-state index is 13.3. The van der Waals surface area contributed by atoms with Crippen molar-refractivity contribution in [2.45, 2.75) is 32.9 Å². The highest BCUT2D eigenvalue weighted by atomic mass is 35.5. The summed E-state index contributed by atoms with van der Waals surface area (Å²) in [5, 5.41) is 4.17. The lowest BCUT2D eigenvalue weighted by atomic mass is 9.95. The normalized spacial score (nSPS) is 14.6. The third-order valence-corrected chi connectivity index (χ3v) is 6.18. The predicted molar refractivity (Wildman–Crippen MR) is 126 cm³/mol. The van der Waals surface area contributed by atoms with Crippen molar-refractivity contribution in [1.29, 1.82) is 0 Å². The van der Waals surface area contributed by atoms with E-state index in [9.17, 15) is 9.59 Å². The molecule has 1 aliphatic heterocycles. The number of esters is 1. The minimum Gasteiger partial charge on any atom is -0.449 e. The fraction of sp³-hybridized carbons (Fsp3) is 0.292. The Balaban J connectivity index is 1.62. The van der Waals surface area contributed by atoms with Crippen LogP contribution in [-0.2, 0) is 22.5 Å². The van der Waals surface area contributed by atoms with Crippen LogP contribution in [0.1, 0.15) is 35.5 Å². The fourth-order valence-electron chi connectivity index (χ4n) is 3.85. The molecule has 0 bridgehead atoms. The Kier molecular flexibility index (Phi) is 6.65. The number of anilines is 1. The van der Waals surface area contributed by atoms with Crippen LogP contribution >= 0.6 is 23.2 Å². The van der Waals surface area contributed by atoms with Crippen LogP contribution in [0.5, 0.6) is 0 Å². The molecule has 6 nitrogen and oxygen atoms in total. The van der Waals surface area contributed by atoms with Crippen LogP contribution in [0.25, 0.3) is 10.9 Å². The molecule has 0 saturated heterocycles. The summed E-state index contributed by atoms with van der Waals surface area (Å²) in [7, 11) is 0. The predicted octanol–water partition coefficient (Wildman–Crippen LogP) is 5.10. The molecular formula is C24H23Cl2N3O3. The van der Waals surface area contributed by atoms with Gasteiger partial charge in [-0.25, -0.2) is 4.79 Å². The van der Waals surface area contributed by atoms with Gasteiger partial charge < -0.3 is 10.1 Å². The largest absolute Gasteiger partial charge is 0.449 e. The van der Waals surface area contributed by atoms with Crippen molar-refractivity contribution in [2.75, 3.05) is 18.4 Å². The number of aromatic nitrogens is 1. The molecule has 0 saturated carbocycles. The second kappa shape index (κ2) is 9.45. The number of ether oxygens (including phenoxy) is 1. The number of rotatable bonds is 5. The molecule has 4 rings (SSSR count). The number of halogens is 2. The Morgan fingerprint density at radius 1 is 1.22 bits per heavy atom. The lowest BCUT2D eigenvalue weighted by Crippen LogP contribution is -2.34. The summed E-state index contributed by atoms with van der Waals surface area (Å²) >= 11 is 12.1. The molecule has 0 spiro atoms. The molecule has 3 aromatic rings. The molecule has 0 fully saturated rings. The molecule has 1 unspecified atom stereocenters. The number of carbonyl (C=O) groups excluding carboxylic acids is 2. The van der Waals surface area contributed by atoms with E-state index in [2.05, 4.69) is 17.1 Å². The van der Waals surface area contributed by atoms with Gasteiger partial charge >= 0.3 is 5.97 Å². The Morgan fingerprint density at radius 3 is 2.78 bits per heavy atom. The van der Waals surface area contributed by atoms with Gasteiger partial charge in [-0.15, -0.1) is 0 Å². The van der Waals surface area contributed by atoms with Crippen molar-refractivity contribution in [3.8, 4) is 0 Å².